The van der Waals surface area contributed by atoms with E-state index in [9.17, 15) is 9.59 Å². The number of likely N-dealkylation sites (tertiary alicyclic amines) is 1. The van der Waals surface area contributed by atoms with Gasteiger partial charge in [0.25, 0.3) is 0 Å². The molecular formula is C18H24ClN3O4. The number of amides is 3. The zero-order valence-electron chi connectivity index (χ0n) is 15.3. The van der Waals surface area contributed by atoms with Crippen LogP contribution in [0.25, 0.3) is 0 Å². The number of ether oxygens (including phenoxy) is 2. The summed E-state index contributed by atoms with van der Waals surface area (Å²) in [6, 6.07) is 4.97. The van der Waals surface area contributed by atoms with Gasteiger partial charge in [-0.2, -0.15) is 0 Å². The van der Waals surface area contributed by atoms with Crippen molar-refractivity contribution < 1.29 is 19.1 Å². The van der Waals surface area contributed by atoms with Gasteiger partial charge in [-0.3, -0.25) is 4.90 Å². The first-order chi connectivity index (χ1) is 12.3. The summed E-state index contributed by atoms with van der Waals surface area (Å²) >= 11 is 6.01. The third kappa shape index (κ3) is 3.67. The molecule has 1 aromatic rings. The molecule has 0 saturated carbocycles. The van der Waals surface area contributed by atoms with Crippen LogP contribution in [0.1, 0.15) is 26.7 Å². The zero-order valence-corrected chi connectivity index (χ0v) is 16.0. The maximum Gasteiger partial charge on any atom is 0.410 e. The van der Waals surface area contributed by atoms with Crippen LogP contribution >= 0.6 is 11.6 Å². The largest absolute Gasteiger partial charge is 0.495 e. The molecule has 7 nitrogen and oxygen atoms in total. The van der Waals surface area contributed by atoms with Crippen LogP contribution < -0.4 is 10.1 Å². The Balaban J connectivity index is 1.61. The highest BCUT2D eigenvalue weighted by molar-refractivity contribution is 6.31. The Morgan fingerprint density at radius 2 is 2.04 bits per heavy atom. The van der Waals surface area contributed by atoms with Crippen molar-refractivity contribution in [1.82, 2.24) is 9.80 Å². The number of anilines is 1. The minimum Gasteiger partial charge on any atom is -0.495 e. The molecule has 0 aromatic heterocycles. The second-order valence-corrected chi connectivity index (χ2v) is 7.67. The zero-order chi connectivity index (χ0) is 18.9. The van der Waals surface area contributed by atoms with Crippen LogP contribution in [0.5, 0.6) is 5.75 Å². The minimum absolute atomic E-state index is 0.0877. The molecule has 1 aromatic carbocycles. The van der Waals surface area contributed by atoms with E-state index in [0.29, 0.717) is 36.2 Å². The van der Waals surface area contributed by atoms with Crippen molar-refractivity contribution in [3.8, 4) is 5.75 Å². The second-order valence-electron chi connectivity index (χ2n) is 7.23. The molecule has 0 unspecified atom stereocenters. The molecule has 1 N–H and O–H groups in total. The SMILES string of the molecule is COc1ccc(Cl)cc1NC(=O)N1CCC(N2C(=O)OCC2(C)C)CC1. The monoisotopic (exact) mass is 381 g/mol. The lowest BCUT2D eigenvalue weighted by molar-refractivity contribution is 0.0958. The lowest BCUT2D eigenvalue weighted by atomic mass is 9.97. The lowest BCUT2D eigenvalue weighted by Crippen LogP contribution is -2.53. The third-order valence-electron chi connectivity index (χ3n) is 4.92. The van der Waals surface area contributed by atoms with Gasteiger partial charge >= 0.3 is 12.1 Å². The highest BCUT2D eigenvalue weighted by atomic mass is 35.5. The number of urea groups is 1. The Kier molecular flexibility index (Phi) is 5.18. The van der Waals surface area contributed by atoms with Crippen LogP contribution in [0.3, 0.4) is 0 Å². The van der Waals surface area contributed by atoms with Crippen molar-refractivity contribution >= 4 is 29.4 Å². The summed E-state index contributed by atoms with van der Waals surface area (Å²) in [5.74, 6) is 0.555. The van der Waals surface area contributed by atoms with Gasteiger partial charge in [0.2, 0.25) is 0 Å². The topological polar surface area (TPSA) is 71.1 Å². The minimum atomic E-state index is -0.305. The number of piperidine rings is 1. The summed E-state index contributed by atoms with van der Waals surface area (Å²) in [6.45, 7) is 5.55. The first-order valence-electron chi connectivity index (χ1n) is 8.67. The van der Waals surface area contributed by atoms with Crippen molar-refractivity contribution in [3.05, 3.63) is 23.2 Å². The molecule has 3 amide bonds. The second kappa shape index (κ2) is 7.23. The first kappa shape index (κ1) is 18.6. The normalized spacial score (nSPS) is 20.1. The van der Waals surface area contributed by atoms with E-state index in [-0.39, 0.29) is 23.7 Å². The quantitative estimate of drug-likeness (QED) is 0.868. The van der Waals surface area contributed by atoms with Crippen molar-refractivity contribution in [2.45, 2.75) is 38.3 Å². The highest BCUT2D eigenvalue weighted by Gasteiger charge is 2.44. The van der Waals surface area contributed by atoms with Gasteiger partial charge < -0.3 is 19.7 Å². The van der Waals surface area contributed by atoms with Crippen molar-refractivity contribution in [2.24, 2.45) is 0 Å². The third-order valence-corrected chi connectivity index (χ3v) is 5.15. The average molecular weight is 382 g/mol. The highest BCUT2D eigenvalue weighted by Crippen LogP contribution is 2.31. The molecule has 0 aliphatic carbocycles. The van der Waals surface area contributed by atoms with Gasteiger partial charge in [0, 0.05) is 24.2 Å². The molecule has 0 bridgehead atoms. The maximum absolute atomic E-state index is 12.6. The van der Waals surface area contributed by atoms with Gasteiger partial charge in [-0.1, -0.05) is 11.6 Å². The molecule has 26 heavy (non-hydrogen) atoms. The molecule has 142 valence electrons. The number of methoxy groups -OCH3 is 1. The average Bonchev–Trinajstić information content (AvgIpc) is 2.88. The molecule has 0 radical (unpaired) electrons. The Bertz CT molecular complexity index is 702. The van der Waals surface area contributed by atoms with Gasteiger partial charge in [-0.25, -0.2) is 9.59 Å². The number of nitrogens with one attached hydrogen (secondary N) is 1. The summed E-state index contributed by atoms with van der Waals surface area (Å²) in [5.41, 5.74) is 0.233. The van der Waals surface area contributed by atoms with E-state index in [1.54, 1.807) is 30.2 Å². The van der Waals surface area contributed by atoms with Gasteiger partial charge in [0.15, 0.2) is 0 Å². The molecular weight excluding hydrogens is 358 g/mol. The fourth-order valence-corrected chi connectivity index (χ4v) is 3.74. The Morgan fingerprint density at radius 1 is 1.35 bits per heavy atom. The van der Waals surface area contributed by atoms with E-state index < -0.39 is 0 Å². The van der Waals surface area contributed by atoms with Gasteiger partial charge in [-0.15, -0.1) is 0 Å². The van der Waals surface area contributed by atoms with E-state index in [1.165, 1.54) is 0 Å². The fourth-order valence-electron chi connectivity index (χ4n) is 3.57. The first-order valence-corrected chi connectivity index (χ1v) is 9.05. The van der Waals surface area contributed by atoms with Gasteiger partial charge in [-0.05, 0) is 44.9 Å². The van der Waals surface area contributed by atoms with Gasteiger partial charge in [0.1, 0.15) is 12.4 Å². The van der Waals surface area contributed by atoms with E-state index >= 15 is 0 Å². The molecule has 2 heterocycles. The number of cyclic esters (lactones) is 1. The number of benzene rings is 1. The smallest absolute Gasteiger partial charge is 0.410 e. The predicted molar refractivity (Wildman–Crippen MR) is 98.9 cm³/mol. The summed E-state index contributed by atoms with van der Waals surface area (Å²) < 4.78 is 10.4. The van der Waals surface area contributed by atoms with Crippen molar-refractivity contribution in [3.63, 3.8) is 0 Å². The van der Waals surface area contributed by atoms with Crippen LogP contribution in [0, 0.1) is 0 Å². The number of carbonyl (C=O) groups is 2. The van der Waals surface area contributed by atoms with Crippen LogP contribution in [0.15, 0.2) is 18.2 Å². The molecule has 2 fully saturated rings. The molecule has 2 aliphatic heterocycles. The van der Waals surface area contributed by atoms with Gasteiger partial charge in [0.05, 0.1) is 18.3 Å². The number of hydrogen-bond acceptors (Lipinski definition) is 4. The fraction of sp³-hybridized carbons (Fsp3) is 0.556. The number of rotatable bonds is 3. The van der Waals surface area contributed by atoms with Crippen LogP contribution in [0.2, 0.25) is 5.02 Å². The van der Waals surface area contributed by atoms with Crippen molar-refractivity contribution in [1.29, 1.82) is 0 Å². The van der Waals surface area contributed by atoms with E-state index in [1.807, 2.05) is 18.7 Å². The lowest BCUT2D eigenvalue weighted by Gasteiger charge is -2.40. The molecule has 2 aliphatic rings. The van der Waals surface area contributed by atoms with E-state index in [0.717, 1.165) is 12.8 Å². The van der Waals surface area contributed by atoms with Crippen molar-refractivity contribution in [2.75, 3.05) is 32.1 Å². The Hall–Kier alpha value is -2.15. The molecule has 0 spiro atoms. The summed E-state index contributed by atoms with van der Waals surface area (Å²) in [7, 11) is 1.54. The van der Waals surface area contributed by atoms with E-state index in [4.69, 9.17) is 21.1 Å². The Morgan fingerprint density at radius 3 is 2.62 bits per heavy atom. The maximum atomic E-state index is 12.6. The molecule has 3 rings (SSSR count). The predicted octanol–water partition coefficient (Wildman–Crippen LogP) is 3.58. The number of hydrogen-bond donors (Lipinski definition) is 1. The summed E-state index contributed by atoms with van der Waals surface area (Å²) in [4.78, 5) is 28.2. The molecule has 0 atom stereocenters. The number of nitrogens with zero attached hydrogens (tertiary/aromatic N) is 2. The van der Waals surface area contributed by atoms with Crippen LogP contribution in [-0.4, -0.2) is 60.3 Å². The standard InChI is InChI=1S/C18H24ClN3O4/c1-18(2)11-26-17(24)22(18)13-6-8-21(9-7-13)16(23)20-14-10-12(19)4-5-15(14)25-3/h4-5,10,13H,6-9,11H2,1-3H3,(H,20,23). The Labute approximate surface area is 158 Å². The van der Waals surface area contributed by atoms with Crippen LogP contribution in [0.4, 0.5) is 15.3 Å². The van der Waals surface area contributed by atoms with E-state index in [2.05, 4.69) is 5.32 Å². The number of carbonyl (C=O) groups excluding carboxylic acids is 2. The molecule has 8 heteroatoms. The summed E-state index contributed by atoms with van der Waals surface area (Å²) in [5, 5.41) is 3.38. The summed E-state index contributed by atoms with van der Waals surface area (Å²) in [6.07, 6.45) is 1.18. The van der Waals surface area contributed by atoms with Crippen LogP contribution in [-0.2, 0) is 4.74 Å². The molecule has 2 saturated heterocycles. The number of halogens is 1.